The first-order valence-corrected chi connectivity index (χ1v) is 6.02. The van der Waals surface area contributed by atoms with Crippen LogP contribution in [0.3, 0.4) is 0 Å². The molecule has 0 saturated heterocycles. The maximum Gasteiger partial charge on any atom is 0.337 e. The van der Waals surface area contributed by atoms with Gasteiger partial charge in [-0.05, 0) is 42.8 Å². The fourth-order valence-corrected chi connectivity index (χ4v) is 1.74. The molecular weight excluding hydrogens is 256 g/mol. The fourth-order valence-electron chi connectivity index (χ4n) is 1.74. The summed E-state index contributed by atoms with van der Waals surface area (Å²) < 4.78 is 4.65. The van der Waals surface area contributed by atoms with Crippen LogP contribution in [0.4, 0.5) is 5.69 Å². The zero-order chi connectivity index (χ0) is 14.5. The molecule has 1 amide bonds. The van der Waals surface area contributed by atoms with Gasteiger partial charge in [0.25, 0.3) is 5.91 Å². The molecule has 0 aliphatic carbocycles. The van der Waals surface area contributed by atoms with Gasteiger partial charge in [-0.3, -0.25) is 9.78 Å². The number of carbonyl (C=O) groups is 2. The summed E-state index contributed by atoms with van der Waals surface area (Å²) in [5.74, 6) is -0.648. The van der Waals surface area contributed by atoms with E-state index in [1.165, 1.54) is 13.3 Å². The van der Waals surface area contributed by atoms with E-state index in [1.54, 1.807) is 36.5 Å². The molecule has 0 atom stereocenters. The maximum absolute atomic E-state index is 12.0. The topological polar surface area (TPSA) is 68.3 Å². The number of esters is 1. The summed E-state index contributed by atoms with van der Waals surface area (Å²) >= 11 is 0. The van der Waals surface area contributed by atoms with Crippen molar-refractivity contribution in [2.75, 3.05) is 12.4 Å². The molecule has 0 radical (unpaired) electrons. The first-order valence-electron chi connectivity index (χ1n) is 6.02. The van der Waals surface area contributed by atoms with Crippen LogP contribution < -0.4 is 5.32 Å². The van der Waals surface area contributed by atoms with Gasteiger partial charge in [0, 0.05) is 18.1 Å². The largest absolute Gasteiger partial charge is 0.465 e. The van der Waals surface area contributed by atoms with Gasteiger partial charge in [-0.1, -0.05) is 0 Å². The number of nitrogens with one attached hydrogen (secondary N) is 1. The summed E-state index contributed by atoms with van der Waals surface area (Å²) in [7, 11) is 1.33. The lowest BCUT2D eigenvalue weighted by Crippen LogP contribution is -2.13. The quantitative estimate of drug-likeness (QED) is 0.870. The number of methoxy groups -OCH3 is 1. The first kappa shape index (κ1) is 13.7. The number of amides is 1. The van der Waals surface area contributed by atoms with E-state index in [2.05, 4.69) is 15.0 Å². The fraction of sp³-hybridized carbons (Fsp3) is 0.133. The lowest BCUT2D eigenvalue weighted by atomic mass is 10.1. The second-order valence-corrected chi connectivity index (χ2v) is 4.22. The lowest BCUT2D eigenvalue weighted by molar-refractivity contribution is 0.0600. The van der Waals surface area contributed by atoms with Crippen LogP contribution >= 0.6 is 0 Å². The molecule has 0 unspecified atom stereocenters. The number of rotatable bonds is 3. The van der Waals surface area contributed by atoms with E-state index >= 15 is 0 Å². The zero-order valence-corrected chi connectivity index (χ0v) is 11.2. The third kappa shape index (κ3) is 3.00. The molecule has 0 fully saturated rings. The maximum atomic E-state index is 12.0. The molecule has 1 heterocycles. The van der Waals surface area contributed by atoms with Gasteiger partial charge in [0.15, 0.2) is 0 Å². The SMILES string of the molecule is COC(=O)c1ccc(NC(=O)c2cccnc2)c(C)c1. The number of pyridine rings is 1. The Labute approximate surface area is 116 Å². The average molecular weight is 270 g/mol. The molecular formula is C15H14N2O3. The monoisotopic (exact) mass is 270 g/mol. The van der Waals surface area contributed by atoms with Crippen LogP contribution in [0.1, 0.15) is 26.3 Å². The lowest BCUT2D eigenvalue weighted by Gasteiger charge is -2.09. The van der Waals surface area contributed by atoms with Crippen LogP contribution in [-0.2, 0) is 4.74 Å². The summed E-state index contributed by atoms with van der Waals surface area (Å²) in [6.45, 7) is 1.81. The standard InChI is InChI=1S/C15H14N2O3/c1-10-8-11(15(19)20-2)5-6-13(10)17-14(18)12-4-3-7-16-9-12/h3-9H,1-2H3,(H,17,18). The summed E-state index contributed by atoms with van der Waals surface area (Å²) in [5.41, 5.74) is 2.35. The number of benzene rings is 1. The Kier molecular flexibility index (Phi) is 4.10. The van der Waals surface area contributed by atoms with E-state index in [1.807, 2.05) is 6.92 Å². The van der Waals surface area contributed by atoms with Gasteiger partial charge < -0.3 is 10.1 Å². The Bertz CT molecular complexity index is 639. The van der Waals surface area contributed by atoms with E-state index in [0.29, 0.717) is 16.8 Å². The van der Waals surface area contributed by atoms with Crippen molar-refractivity contribution in [2.45, 2.75) is 6.92 Å². The van der Waals surface area contributed by atoms with Gasteiger partial charge in [0.1, 0.15) is 0 Å². The number of hydrogen-bond donors (Lipinski definition) is 1. The highest BCUT2D eigenvalue weighted by Gasteiger charge is 2.10. The number of aromatic nitrogens is 1. The van der Waals surface area contributed by atoms with E-state index < -0.39 is 5.97 Å². The molecule has 1 aromatic heterocycles. The molecule has 0 bridgehead atoms. The van der Waals surface area contributed by atoms with E-state index in [0.717, 1.165) is 5.56 Å². The Balaban J connectivity index is 2.18. The minimum absolute atomic E-state index is 0.244. The number of ether oxygens (including phenoxy) is 1. The predicted molar refractivity (Wildman–Crippen MR) is 74.7 cm³/mol. The number of anilines is 1. The molecule has 0 saturated carbocycles. The Morgan fingerprint density at radius 2 is 2.00 bits per heavy atom. The summed E-state index contributed by atoms with van der Waals surface area (Å²) in [5, 5.41) is 2.78. The van der Waals surface area contributed by atoms with Crippen molar-refractivity contribution in [2.24, 2.45) is 0 Å². The summed E-state index contributed by atoms with van der Waals surface area (Å²) in [6.07, 6.45) is 3.10. The second-order valence-electron chi connectivity index (χ2n) is 4.22. The first-order chi connectivity index (χ1) is 9.61. The Morgan fingerprint density at radius 1 is 1.20 bits per heavy atom. The molecule has 2 rings (SSSR count). The smallest absolute Gasteiger partial charge is 0.337 e. The Hall–Kier alpha value is -2.69. The van der Waals surface area contributed by atoms with Crippen molar-refractivity contribution in [1.29, 1.82) is 0 Å². The van der Waals surface area contributed by atoms with Gasteiger partial charge in [-0.15, -0.1) is 0 Å². The normalized spacial score (nSPS) is 9.90. The van der Waals surface area contributed by atoms with E-state index in [-0.39, 0.29) is 5.91 Å². The molecule has 102 valence electrons. The Morgan fingerprint density at radius 3 is 2.60 bits per heavy atom. The van der Waals surface area contributed by atoms with Crippen LogP contribution in [0.2, 0.25) is 0 Å². The molecule has 20 heavy (non-hydrogen) atoms. The van der Waals surface area contributed by atoms with Crippen molar-refractivity contribution in [3.05, 3.63) is 59.4 Å². The minimum atomic E-state index is -0.404. The van der Waals surface area contributed by atoms with Gasteiger partial charge >= 0.3 is 5.97 Å². The van der Waals surface area contributed by atoms with Crippen LogP contribution in [0.25, 0.3) is 0 Å². The second kappa shape index (κ2) is 5.97. The van der Waals surface area contributed by atoms with Crippen molar-refractivity contribution in [3.8, 4) is 0 Å². The van der Waals surface area contributed by atoms with Crippen molar-refractivity contribution < 1.29 is 14.3 Å². The van der Waals surface area contributed by atoms with Gasteiger partial charge in [-0.25, -0.2) is 4.79 Å². The summed E-state index contributed by atoms with van der Waals surface area (Å²) in [6, 6.07) is 8.33. The highest BCUT2D eigenvalue weighted by atomic mass is 16.5. The highest BCUT2D eigenvalue weighted by Crippen LogP contribution is 2.18. The van der Waals surface area contributed by atoms with Crippen LogP contribution in [0.5, 0.6) is 0 Å². The minimum Gasteiger partial charge on any atom is -0.465 e. The zero-order valence-electron chi connectivity index (χ0n) is 11.2. The highest BCUT2D eigenvalue weighted by molar-refractivity contribution is 6.04. The van der Waals surface area contributed by atoms with Crippen molar-refractivity contribution in [1.82, 2.24) is 4.98 Å². The van der Waals surface area contributed by atoms with Gasteiger partial charge in [0.2, 0.25) is 0 Å². The number of aryl methyl sites for hydroxylation is 1. The average Bonchev–Trinajstić information content (AvgIpc) is 2.49. The van der Waals surface area contributed by atoms with Gasteiger partial charge in [0.05, 0.1) is 18.2 Å². The third-order valence-corrected chi connectivity index (χ3v) is 2.82. The molecule has 0 aliphatic heterocycles. The van der Waals surface area contributed by atoms with Crippen LogP contribution in [-0.4, -0.2) is 24.0 Å². The molecule has 5 heteroatoms. The molecule has 1 aromatic carbocycles. The van der Waals surface area contributed by atoms with Gasteiger partial charge in [-0.2, -0.15) is 0 Å². The third-order valence-electron chi connectivity index (χ3n) is 2.82. The van der Waals surface area contributed by atoms with Crippen molar-refractivity contribution in [3.63, 3.8) is 0 Å². The molecule has 2 aromatic rings. The van der Waals surface area contributed by atoms with Crippen LogP contribution in [0.15, 0.2) is 42.7 Å². The molecule has 0 spiro atoms. The number of hydrogen-bond acceptors (Lipinski definition) is 4. The number of carbonyl (C=O) groups excluding carboxylic acids is 2. The molecule has 1 N–H and O–H groups in total. The molecule has 0 aliphatic rings. The van der Waals surface area contributed by atoms with E-state index in [9.17, 15) is 9.59 Å². The predicted octanol–water partition coefficient (Wildman–Crippen LogP) is 2.43. The van der Waals surface area contributed by atoms with Crippen molar-refractivity contribution >= 4 is 17.6 Å². The van der Waals surface area contributed by atoms with Crippen LogP contribution in [0, 0.1) is 6.92 Å². The molecule has 5 nitrogen and oxygen atoms in total. The van der Waals surface area contributed by atoms with E-state index in [4.69, 9.17) is 0 Å². The summed E-state index contributed by atoms with van der Waals surface area (Å²) in [4.78, 5) is 27.3. The number of nitrogens with zero attached hydrogens (tertiary/aromatic N) is 1.